The number of carbonyl (C=O) groups is 2. The van der Waals surface area contributed by atoms with Crippen molar-refractivity contribution in [3.05, 3.63) is 48.0 Å². The number of hydrogen-bond acceptors (Lipinski definition) is 4. The van der Waals surface area contributed by atoms with E-state index in [1.54, 1.807) is 11.0 Å². The second-order valence-electron chi connectivity index (χ2n) is 10.8. The molecule has 0 aromatic heterocycles. The molecule has 2 amide bonds. The highest BCUT2D eigenvalue weighted by molar-refractivity contribution is 5.89. The molecule has 6 nitrogen and oxygen atoms in total. The van der Waals surface area contributed by atoms with Crippen LogP contribution in [0, 0.1) is 0 Å². The Hall–Kier alpha value is -2.34. The van der Waals surface area contributed by atoms with E-state index in [2.05, 4.69) is 35.6 Å². The Morgan fingerprint density at radius 2 is 1.88 bits per heavy atom. The Morgan fingerprint density at radius 3 is 2.55 bits per heavy atom. The van der Waals surface area contributed by atoms with E-state index in [-0.39, 0.29) is 24.1 Å². The van der Waals surface area contributed by atoms with Gasteiger partial charge in [-0.25, -0.2) is 4.79 Å². The molecule has 2 heterocycles. The van der Waals surface area contributed by atoms with E-state index in [4.69, 9.17) is 9.47 Å². The highest BCUT2D eigenvalue weighted by Gasteiger charge is 2.48. The first kappa shape index (κ1) is 23.8. The van der Waals surface area contributed by atoms with Crippen molar-refractivity contribution in [2.45, 2.75) is 94.9 Å². The molecule has 1 saturated heterocycles. The van der Waals surface area contributed by atoms with Crippen molar-refractivity contribution in [3.63, 3.8) is 0 Å². The molecule has 33 heavy (non-hydrogen) atoms. The topological polar surface area (TPSA) is 67.9 Å². The summed E-state index contributed by atoms with van der Waals surface area (Å²) in [5.41, 5.74) is 0.343. The summed E-state index contributed by atoms with van der Waals surface area (Å²) < 4.78 is 12.2. The Balaban J connectivity index is 1.43. The van der Waals surface area contributed by atoms with E-state index < -0.39 is 11.1 Å². The summed E-state index contributed by atoms with van der Waals surface area (Å²) in [7, 11) is 0. The maximum absolute atomic E-state index is 13.1. The monoisotopic (exact) mass is 454 g/mol. The number of carbonyl (C=O) groups excluding carboxylic acids is 2. The number of hydrogen-bond donors (Lipinski definition) is 1. The predicted molar refractivity (Wildman–Crippen MR) is 128 cm³/mol. The van der Waals surface area contributed by atoms with Gasteiger partial charge >= 0.3 is 6.09 Å². The van der Waals surface area contributed by atoms with Crippen molar-refractivity contribution in [2.24, 2.45) is 0 Å². The molecule has 0 unspecified atom stereocenters. The summed E-state index contributed by atoms with van der Waals surface area (Å²) in [6, 6.07) is 10.5. The molecule has 1 N–H and O–H groups in total. The highest BCUT2D eigenvalue weighted by Crippen LogP contribution is 2.37. The third-order valence-electron chi connectivity index (χ3n) is 7.22. The zero-order valence-electron chi connectivity index (χ0n) is 20.2. The fourth-order valence-electron chi connectivity index (χ4n) is 5.59. The maximum atomic E-state index is 13.1. The lowest BCUT2D eigenvalue weighted by atomic mass is 9.77. The summed E-state index contributed by atoms with van der Waals surface area (Å²) in [4.78, 5) is 27.2. The van der Waals surface area contributed by atoms with Gasteiger partial charge in [-0.05, 0) is 83.3 Å². The number of amides is 2. The van der Waals surface area contributed by atoms with Crippen molar-refractivity contribution in [1.29, 1.82) is 0 Å². The van der Waals surface area contributed by atoms with Gasteiger partial charge in [0.25, 0.3) is 0 Å². The van der Waals surface area contributed by atoms with Gasteiger partial charge in [0.2, 0.25) is 5.91 Å². The van der Waals surface area contributed by atoms with Crippen LogP contribution in [0.3, 0.4) is 0 Å². The van der Waals surface area contributed by atoms with Crippen molar-refractivity contribution in [1.82, 2.24) is 10.2 Å². The SMILES string of the molecule is CC(C)(C)OC(=O)N1CCC[C@@]2(CC=CC(=O)N2)[C@@H]1COC1CCC(c2ccccc2)CC1. The molecule has 1 spiro atoms. The van der Waals surface area contributed by atoms with Crippen molar-refractivity contribution in [3.8, 4) is 0 Å². The molecule has 180 valence electrons. The van der Waals surface area contributed by atoms with Crippen LogP contribution in [0.5, 0.6) is 0 Å². The molecule has 2 atom stereocenters. The summed E-state index contributed by atoms with van der Waals surface area (Å²) in [6.07, 6.45) is 9.97. The largest absolute Gasteiger partial charge is 0.444 e. The molecule has 6 heteroatoms. The Bertz CT molecular complexity index is 855. The molecule has 2 fully saturated rings. The molecule has 0 bridgehead atoms. The van der Waals surface area contributed by atoms with E-state index in [0.717, 1.165) is 38.5 Å². The van der Waals surface area contributed by atoms with Crippen LogP contribution < -0.4 is 5.32 Å². The number of benzene rings is 1. The zero-order chi connectivity index (χ0) is 23.5. The van der Waals surface area contributed by atoms with Crippen LogP contribution in [0.2, 0.25) is 0 Å². The molecule has 1 aromatic rings. The number of nitrogens with one attached hydrogen (secondary N) is 1. The van der Waals surface area contributed by atoms with E-state index in [1.165, 1.54) is 5.56 Å². The van der Waals surface area contributed by atoms with Gasteiger partial charge in [0, 0.05) is 6.54 Å². The van der Waals surface area contributed by atoms with Crippen LogP contribution in [-0.2, 0) is 14.3 Å². The third-order valence-corrected chi connectivity index (χ3v) is 7.22. The number of likely N-dealkylation sites (tertiary alicyclic amines) is 1. The van der Waals surface area contributed by atoms with Crippen LogP contribution in [-0.4, -0.2) is 53.3 Å². The average molecular weight is 455 g/mol. The van der Waals surface area contributed by atoms with Crippen LogP contribution in [0.25, 0.3) is 0 Å². The predicted octanol–water partition coefficient (Wildman–Crippen LogP) is 4.94. The quantitative estimate of drug-likeness (QED) is 0.699. The number of ether oxygens (including phenoxy) is 2. The van der Waals surface area contributed by atoms with Crippen molar-refractivity contribution >= 4 is 12.0 Å². The molecule has 2 aliphatic heterocycles. The average Bonchev–Trinajstić information content (AvgIpc) is 2.78. The number of piperidine rings is 1. The van der Waals surface area contributed by atoms with Crippen LogP contribution in [0.15, 0.2) is 42.5 Å². The lowest BCUT2D eigenvalue weighted by Gasteiger charge is -2.51. The highest BCUT2D eigenvalue weighted by atomic mass is 16.6. The summed E-state index contributed by atoms with van der Waals surface area (Å²) in [5, 5.41) is 3.19. The number of nitrogens with zero attached hydrogens (tertiary/aromatic N) is 1. The minimum absolute atomic E-state index is 0.0966. The van der Waals surface area contributed by atoms with E-state index in [9.17, 15) is 9.59 Å². The summed E-state index contributed by atoms with van der Waals surface area (Å²) >= 11 is 0. The Kier molecular flexibility index (Phi) is 7.13. The van der Waals surface area contributed by atoms with Gasteiger partial charge in [-0.15, -0.1) is 0 Å². The van der Waals surface area contributed by atoms with Crippen LogP contribution in [0.4, 0.5) is 4.79 Å². The fraction of sp³-hybridized carbons (Fsp3) is 0.630. The standard InChI is InChI=1S/C27H38N2O4/c1-26(2,3)33-25(31)29-18-8-17-27(16-7-11-24(30)28-27)23(29)19-32-22-14-12-21(13-15-22)20-9-5-4-6-10-20/h4-7,9-11,21-23H,8,12-19H2,1-3H3,(H,28,30)/t21?,22?,23-,27-/m0/s1. The second-order valence-corrected chi connectivity index (χ2v) is 10.8. The smallest absolute Gasteiger partial charge is 0.410 e. The summed E-state index contributed by atoms with van der Waals surface area (Å²) in [6.45, 7) is 6.67. The molecule has 0 radical (unpaired) electrons. The molecular formula is C27H38N2O4. The lowest BCUT2D eigenvalue weighted by Crippen LogP contribution is -2.68. The van der Waals surface area contributed by atoms with Gasteiger partial charge in [-0.2, -0.15) is 0 Å². The molecule has 1 aromatic carbocycles. The van der Waals surface area contributed by atoms with Crippen molar-refractivity contribution < 1.29 is 19.1 Å². The molecule has 1 saturated carbocycles. The van der Waals surface area contributed by atoms with Gasteiger partial charge in [0.1, 0.15) is 5.60 Å². The minimum Gasteiger partial charge on any atom is -0.444 e. The lowest BCUT2D eigenvalue weighted by molar-refractivity contribution is -0.122. The Labute approximate surface area is 197 Å². The second kappa shape index (κ2) is 9.88. The normalized spacial score (nSPS) is 30.2. The fourth-order valence-corrected chi connectivity index (χ4v) is 5.59. The van der Waals surface area contributed by atoms with Gasteiger partial charge in [0.05, 0.1) is 24.3 Å². The van der Waals surface area contributed by atoms with Gasteiger partial charge < -0.3 is 19.7 Å². The van der Waals surface area contributed by atoms with E-state index in [0.29, 0.717) is 25.5 Å². The first-order valence-corrected chi connectivity index (χ1v) is 12.4. The Morgan fingerprint density at radius 1 is 1.15 bits per heavy atom. The van der Waals surface area contributed by atoms with Gasteiger partial charge in [-0.3, -0.25) is 4.79 Å². The number of rotatable bonds is 4. The van der Waals surface area contributed by atoms with Crippen molar-refractivity contribution in [2.75, 3.05) is 13.2 Å². The van der Waals surface area contributed by atoms with Gasteiger partial charge in [-0.1, -0.05) is 36.4 Å². The first-order chi connectivity index (χ1) is 15.8. The third kappa shape index (κ3) is 5.78. The minimum atomic E-state index is -0.571. The van der Waals surface area contributed by atoms with Crippen LogP contribution in [0.1, 0.15) is 77.2 Å². The molecule has 3 aliphatic rings. The molecule has 4 rings (SSSR count). The van der Waals surface area contributed by atoms with Crippen LogP contribution >= 0.6 is 0 Å². The van der Waals surface area contributed by atoms with Gasteiger partial charge in [0.15, 0.2) is 0 Å². The zero-order valence-corrected chi connectivity index (χ0v) is 20.2. The summed E-state index contributed by atoms with van der Waals surface area (Å²) in [5.74, 6) is 0.494. The van der Waals surface area contributed by atoms with E-state index in [1.807, 2.05) is 26.8 Å². The maximum Gasteiger partial charge on any atom is 0.410 e. The molecule has 1 aliphatic carbocycles. The van der Waals surface area contributed by atoms with E-state index >= 15 is 0 Å². The first-order valence-electron chi connectivity index (χ1n) is 12.4. The molecular weight excluding hydrogens is 416 g/mol.